The Morgan fingerprint density at radius 1 is 1.31 bits per heavy atom. The van der Waals surface area contributed by atoms with Crippen LogP contribution in [0.15, 0.2) is 18.2 Å². The fourth-order valence-corrected chi connectivity index (χ4v) is 1.46. The minimum Gasteiger partial charge on any atom is -0.493 e. The van der Waals surface area contributed by atoms with Crippen molar-refractivity contribution in [1.82, 2.24) is 0 Å². The molecule has 1 aromatic carbocycles. The number of benzene rings is 1. The summed E-state index contributed by atoms with van der Waals surface area (Å²) in [6.45, 7) is 2.38. The molecule has 2 N–H and O–H groups in total. The summed E-state index contributed by atoms with van der Waals surface area (Å²) in [5.41, 5.74) is 0.721. The third-order valence-corrected chi connectivity index (χ3v) is 2.27. The van der Waals surface area contributed by atoms with Crippen LogP contribution in [0.5, 0.6) is 11.5 Å². The molecule has 0 aliphatic carbocycles. The Balaban J connectivity index is 2.91. The zero-order chi connectivity index (χ0) is 12.0. The molecule has 1 aromatic rings. The van der Waals surface area contributed by atoms with Gasteiger partial charge in [0.1, 0.15) is 0 Å². The lowest BCUT2D eigenvalue weighted by Crippen LogP contribution is -2.02. The molecule has 0 bridgehead atoms. The van der Waals surface area contributed by atoms with E-state index in [1.807, 2.05) is 6.92 Å². The average Bonchev–Trinajstić information content (AvgIpc) is 2.29. The van der Waals surface area contributed by atoms with Gasteiger partial charge in [-0.3, -0.25) is 0 Å². The molecule has 0 unspecified atom stereocenters. The van der Waals surface area contributed by atoms with Crippen molar-refractivity contribution in [2.75, 3.05) is 20.3 Å². The number of rotatable bonds is 6. The van der Waals surface area contributed by atoms with Gasteiger partial charge in [0.2, 0.25) is 0 Å². The van der Waals surface area contributed by atoms with E-state index in [1.165, 1.54) is 0 Å². The first-order valence-electron chi connectivity index (χ1n) is 5.32. The van der Waals surface area contributed by atoms with Crippen molar-refractivity contribution in [2.24, 2.45) is 0 Å². The molecular weight excluding hydrogens is 208 g/mol. The van der Waals surface area contributed by atoms with E-state index in [1.54, 1.807) is 25.3 Å². The average molecular weight is 226 g/mol. The van der Waals surface area contributed by atoms with Crippen LogP contribution >= 0.6 is 0 Å². The maximum absolute atomic E-state index is 9.72. The summed E-state index contributed by atoms with van der Waals surface area (Å²) in [4.78, 5) is 0. The molecule has 4 nitrogen and oxygen atoms in total. The zero-order valence-corrected chi connectivity index (χ0v) is 9.64. The third kappa shape index (κ3) is 3.12. The lowest BCUT2D eigenvalue weighted by molar-refractivity contribution is 0.134. The number of hydrogen-bond acceptors (Lipinski definition) is 4. The quantitative estimate of drug-likeness (QED) is 0.772. The lowest BCUT2D eigenvalue weighted by atomic mass is 10.1. The molecule has 0 aliphatic rings. The van der Waals surface area contributed by atoms with Gasteiger partial charge in [-0.25, -0.2) is 0 Å². The number of aliphatic hydroxyl groups is 2. The summed E-state index contributed by atoms with van der Waals surface area (Å²) in [6, 6.07) is 5.26. The maximum Gasteiger partial charge on any atom is 0.161 e. The van der Waals surface area contributed by atoms with Crippen molar-refractivity contribution >= 4 is 0 Å². The fourth-order valence-electron chi connectivity index (χ4n) is 1.46. The van der Waals surface area contributed by atoms with E-state index >= 15 is 0 Å². The molecular formula is C12H18O4. The highest BCUT2D eigenvalue weighted by Gasteiger charge is 2.11. The van der Waals surface area contributed by atoms with E-state index in [0.29, 0.717) is 24.5 Å². The second-order valence-electron chi connectivity index (χ2n) is 3.37. The number of aliphatic hydroxyl groups excluding tert-OH is 2. The van der Waals surface area contributed by atoms with Gasteiger partial charge in [-0.1, -0.05) is 6.07 Å². The molecule has 0 spiro atoms. The molecule has 1 rings (SSSR count). The minimum absolute atomic E-state index is 0.0445. The summed E-state index contributed by atoms with van der Waals surface area (Å²) in [6.07, 6.45) is -0.354. The first-order chi connectivity index (χ1) is 7.72. The lowest BCUT2D eigenvalue weighted by Gasteiger charge is -2.14. The number of methoxy groups -OCH3 is 1. The van der Waals surface area contributed by atoms with Crippen LogP contribution in [0.25, 0.3) is 0 Å². The van der Waals surface area contributed by atoms with Crippen LogP contribution in [0, 0.1) is 0 Å². The molecule has 4 heteroatoms. The van der Waals surface area contributed by atoms with Crippen molar-refractivity contribution in [2.45, 2.75) is 19.4 Å². The normalized spacial score (nSPS) is 12.2. The predicted molar refractivity (Wildman–Crippen MR) is 60.8 cm³/mol. The van der Waals surface area contributed by atoms with Crippen molar-refractivity contribution < 1.29 is 19.7 Å². The highest BCUT2D eigenvalue weighted by Crippen LogP contribution is 2.31. The first-order valence-corrected chi connectivity index (χ1v) is 5.32. The van der Waals surface area contributed by atoms with Gasteiger partial charge in [-0.15, -0.1) is 0 Å². The minimum atomic E-state index is -0.671. The van der Waals surface area contributed by atoms with Crippen LogP contribution in [0.1, 0.15) is 25.0 Å². The molecule has 0 amide bonds. The van der Waals surface area contributed by atoms with Gasteiger partial charge in [-0.05, 0) is 24.6 Å². The molecule has 0 aromatic heterocycles. The number of ether oxygens (including phenoxy) is 2. The Labute approximate surface area is 95.4 Å². The molecule has 0 fully saturated rings. The van der Waals surface area contributed by atoms with Crippen LogP contribution < -0.4 is 9.47 Å². The van der Waals surface area contributed by atoms with Crippen molar-refractivity contribution in [3.05, 3.63) is 23.8 Å². The standard InChI is InChI=1S/C12H18O4/c1-3-16-12-8-9(10(14)6-7-13)4-5-11(12)15-2/h4-5,8,10,13-14H,3,6-7H2,1-2H3/t10-/m0/s1. The first kappa shape index (κ1) is 12.8. The SMILES string of the molecule is CCOc1cc([C@@H](O)CCO)ccc1OC. The van der Waals surface area contributed by atoms with E-state index in [9.17, 15) is 5.11 Å². The monoisotopic (exact) mass is 226 g/mol. The second-order valence-corrected chi connectivity index (χ2v) is 3.37. The Hall–Kier alpha value is -1.26. The van der Waals surface area contributed by atoms with Gasteiger partial charge in [-0.2, -0.15) is 0 Å². The van der Waals surface area contributed by atoms with Gasteiger partial charge >= 0.3 is 0 Å². The molecule has 0 aliphatic heterocycles. The predicted octanol–water partition coefficient (Wildman–Crippen LogP) is 1.51. The van der Waals surface area contributed by atoms with Crippen molar-refractivity contribution in [3.63, 3.8) is 0 Å². The summed E-state index contributed by atoms with van der Waals surface area (Å²) in [7, 11) is 1.57. The highest BCUT2D eigenvalue weighted by molar-refractivity contribution is 5.43. The van der Waals surface area contributed by atoms with Crippen molar-refractivity contribution in [3.8, 4) is 11.5 Å². The maximum atomic E-state index is 9.72. The Kier molecular flexibility index (Phi) is 5.08. The Bertz CT molecular complexity index is 325. The molecule has 16 heavy (non-hydrogen) atoms. The third-order valence-electron chi connectivity index (χ3n) is 2.27. The molecule has 0 saturated heterocycles. The van der Waals surface area contributed by atoms with Crippen LogP contribution in [0.3, 0.4) is 0 Å². The molecule has 0 heterocycles. The summed E-state index contributed by atoms with van der Waals surface area (Å²) >= 11 is 0. The summed E-state index contributed by atoms with van der Waals surface area (Å²) in [5.74, 6) is 1.25. The molecule has 90 valence electrons. The van der Waals surface area contributed by atoms with Crippen LogP contribution in [0.4, 0.5) is 0 Å². The van der Waals surface area contributed by atoms with Crippen LogP contribution in [0.2, 0.25) is 0 Å². The summed E-state index contributed by atoms with van der Waals surface area (Å²) < 4.78 is 10.5. The van der Waals surface area contributed by atoms with E-state index in [2.05, 4.69) is 0 Å². The fraction of sp³-hybridized carbons (Fsp3) is 0.500. The van der Waals surface area contributed by atoms with Gasteiger partial charge in [0.25, 0.3) is 0 Å². The largest absolute Gasteiger partial charge is 0.493 e. The molecule has 1 atom stereocenters. The Morgan fingerprint density at radius 3 is 2.62 bits per heavy atom. The van der Waals surface area contributed by atoms with Crippen LogP contribution in [-0.2, 0) is 0 Å². The molecule has 0 saturated carbocycles. The Morgan fingerprint density at radius 2 is 2.06 bits per heavy atom. The van der Waals surface area contributed by atoms with E-state index in [4.69, 9.17) is 14.6 Å². The second kappa shape index (κ2) is 6.35. The van der Waals surface area contributed by atoms with Gasteiger partial charge in [0, 0.05) is 13.0 Å². The summed E-state index contributed by atoms with van der Waals surface area (Å²) in [5, 5.41) is 18.5. The number of hydrogen-bond donors (Lipinski definition) is 2. The van der Waals surface area contributed by atoms with Gasteiger partial charge in [0.05, 0.1) is 19.8 Å². The van der Waals surface area contributed by atoms with E-state index in [-0.39, 0.29) is 6.61 Å². The topological polar surface area (TPSA) is 58.9 Å². The zero-order valence-electron chi connectivity index (χ0n) is 9.64. The van der Waals surface area contributed by atoms with Crippen LogP contribution in [-0.4, -0.2) is 30.5 Å². The highest BCUT2D eigenvalue weighted by atomic mass is 16.5. The van der Waals surface area contributed by atoms with E-state index < -0.39 is 6.10 Å². The molecule has 0 radical (unpaired) electrons. The van der Waals surface area contributed by atoms with Gasteiger partial charge < -0.3 is 19.7 Å². The van der Waals surface area contributed by atoms with E-state index in [0.717, 1.165) is 5.56 Å². The van der Waals surface area contributed by atoms with Gasteiger partial charge in [0.15, 0.2) is 11.5 Å². The van der Waals surface area contributed by atoms with Crippen molar-refractivity contribution in [1.29, 1.82) is 0 Å². The smallest absolute Gasteiger partial charge is 0.161 e.